The lowest BCUT2D eigenvalue weighted by Gasteiger charge is -2.25. The van der Waals surface area contributed by atoms with Crippen LogP contribution in [-0.4, -0.2) is 29.9 Å². The summed E-state index contributed by atoms with van der Waals surface area (Å²) in [5.74, 6) is -2.14. The minimum atomic E-state index is -1.20. The van der Waals surface area contributed by atoms with Crippen molar-refractivity contribution in [1.82, 2.24) is 0 Å². The molecule has 146 valence electrons. The van der Waals surface area contributed by atoms with E-state index in [-0.39, 0.29) is 18.4 Å². The summed E-state index contributed by atoms with van der Waals surface area (Å²) in [6, 6.07) is 10.2. The largest absolute Gasteiger partial charge is 0.463 e. The lowest BCUT2D eigenvalue weighted by molar-refractivity contribution is -0.732. The van der Waals surface area contributed by atoms with Gasteiger partial charge in [0.1, 0.15) is 11.8 Å². The van der Waals surface area contributed by atoms with Gasteiger partial charge in [0.05, 0.1) is 18.6 Å². The Labute approximate surface area is 162 Å². The summed E-state index contributed by atoms with van der Waals surface area (Å²) in [7, 11) is 0. The van der Waals surface area contributed by atoms with Crippen molar-refractivity contribution in [3.05, 3.63) is 54.0 Å². The molecule has 2 amide bonds. The summed E-state index contributed by atoms with van der Waals surface area (Å²) < 4.78 is 10.8. The number of esters is 1. The average molecular weight is 383 g/mol. The molecule has 3 heterocycles. The highest BCUT2D eigenvalue weighted by Crippen LogP contribution is 2.45. The number of amides is 2. The number of carbonyl (C=O) groups excluding carboxylic acids is 3. The van der Waals surface area contributed by atoms with Gasteiger partial charge in [0.25, 0.3) is 0 Å². The molecule has 0 bridgehead atoms. The molecular weight excluding hydrogens is 360 g/mol. The first-order valence-corrected chi connectivity index (χ1v) is 9.39. The first-order chi connectivity index (χ1) is 13.4. The first-order valence-electron chi connectivity index (χ1n) is 9.39. The van der Waals surface area contributed by atoms with Crippen LogP contribution in [0.1, 0.15) is 31.2 Å². The fraction of sp³-hybridized carbons (Fsp3) is 0.381. The number of benzene rings is 1. The minimum Gasteiger partial charge on any atom is -0.463 e. The zero-order valence-corrected chi connectivity index (χ0v) is 16.0. The molecule has 2 aliphatic heterocycles. The van der Waals surface area contributed by atoms with Crippen LogP contribution in [0.15, 0.2) is 47.1 Å². The second-order valence-corrected chi connectivity index (χ2v) is 7.56. The molecule has 0 aliphatic carbocycles. The van der Waals surface area contributed by atoms with Crippen LogP contribution in [0.3, 0.4) is 0 Å². The number of hydrogen-bond acceptors (Lipinski definition) is 5. The molecule has 2 aromatic rings. The molecule has 7 heteroatoms. The quantitative estimate of drug-likeness (QED) is 0.635. The molecule has 0 radical (unpaired) electrons. The fourth-order valence-electron chi connectivity index (χ4n) is 4.43. The highest BCUT2D eigenvalue weighted by Gasteiger charge is 2.71. The second kappa shape index (κ2) is 6.60. The third-order valence-corrected chi connectivity index (χ3v) is 5.79. The lowest BCUT2D eigenvalue weighted by atomic mass is 9.81. The Hall–Kier alpha value is -2.93. The van der Waals surface area contributed by atoms with Crippen LogP contribution in [0.5, 0.6) is 0 Å². The van der Waals surface area contributed by atoms with Crippen molar-refractivity contribution in [1.29, 1.82) is 0 Å². The Morgan fingerprint density at radius 3 is 2.54 bits per heavy atom. The van der Waals surface area contributed by atoms with Gasteiger partial charge in [0.15, 0.2) is 11.8 Å². The van der Waals surface area contributed by atoms with Gasteiger partial charge in [-0.3, -0.25) is 9.59 Å². The van der Waals surface area contributed by atoms with Crippen molar-refractivity contribution in [2.24, 2.45) is 11.8 Å². The van der Waals surface area contributed by atoms with E-state index in [9.17, 15) is 14.4 Å². The summed E-state index contributed by atoms with van der Waals surface area (Å²) in [6.45, 7) is 5.54. The summed E-state index contributed by atoms with van der Waals surface area (Å²) in [5.41, 5.74) is 0.338. The molecule has 2 saturated heterocycles. The molecule has 0 spiro atoms. The number of fused-ring (bicyclic) bond motifs is 1. The highest BCUT2D eigenvalue weighted by atomic mass is 16.5. The van der Waals surface area contributed by atoms with Gasteiger partial charge in [-0.2, -0.15) is 0 Å². The van der Waals surface area contributed by atoms with Crippen LogP contribution in [0.2, 0.25) is 0 Å². The van der Waals surface area contributed by atoms with Gasteiger partial charge < -0.3 is 14.5 Å². The zero-order chi connectivity index (χ0) is 20.1. The monoisotopic (exact) mass is 383 g/mol. The third kappa shape index (κ3) is 2.57. The Balaban J connectivity index is 1.80. The van der Waals surface area contributed by atoms with Crippen LogP contribution in [0.4, 0.5) is 5.69 Å². The number of anilines is 1. The normalized spacial score (nSPS) is 29.2. The number of rotatable bonds is 4. The molecule has 4 atom stereocenters. The maximum absolute atomic E-state index is 13.4. The molecule has 0 unspecified atom stereocenters. The van der Waals surface area contributed by atoms with Crippen LogP contribution >= 0.6 is 0 Å². The molecule has 0 saturated carbocycles. The van der Waals surface area contributed by atoms with E-state index in [4.69, 9.17) is 9.15 Å². The standard InChI is InChI=1S/C21H22N2O5/c1-4-27-20(26)21(3)16-15(17(22-21)14-6-5-11-28-14)18(24)23(19(16)25)13-9-7-12(2)8-10-13/h5-11,15-17,22H,4H2,1-3H3/p+1/t15-,16+,17-,21-/m0/s1. The average Bonchev–Trinajstić information content (AvgIpc) is 3.35. The second-order valence-electron chi connectivity index (χ2n) is 7.56. The van der Waals surface area contributed by atoms with E-state index in [1.165, 1.54) is 11.2 Å². The van der Waals surface area contributed by atoms with Crippen LogP contribution in [0, 0.1) is 18.8 Å². The number of nitrogens with zero attached hydrogens (tertiary/aromatic N) is 1. The molecule has 2 fully saturated rings. The molecule has 2 N–H and O–H groups in total. The Morgan fingerprint density at radius 1 is 1.21 bits per heavy atom. The van der Waals surface area contributed by atoms with E-state index in [1.54, 1.807) is 43.4 Å². The van der Waals surface area contributed by atoms with Gasteiger partial charge in [0, 0.05) is 6.92 Å². The van der Waals surface area contributed by atoms with Crippen molar-refractivity contribution in [3.8, 4) is 0 Å². The van der Waals surface area contributed by atoms with Crippen molar-refractivity contribution in [3.63, 3.8) is 0 Å². The maximum atomic E-state index is 13.4. The van der Waals surface area contributed by atoms with Crippen molar-refractivity contribution < 1.29 is 28.9 Å². The topological polar surface area (TPSA) is 93.4 Å². The molecule has 4 rings (SSSR count). The van der Waals surface area contributed by atoms with E-state index in [2.05, 4.69) is 0 Å². The first kappa shape index (κ1) is 18.4. The van der Waals surface area contributed by atoms with Gasteiger partial charge in [0.2, 0.25) is 17.4 Å². The Bertz CT molecular complexity index is 921. The highest BCUT2D eigenvalue weighted by molar-refractivity contribution is 6.23. The van der Waals surface area contributed by atoms with E-state index >= 15 is 0 Å². The summed E-state index contributed by atoms with van der Waals surface area (Å²) >= 11 is 0. The predicted octanol–water partition coefficient (Wildman–Crippen LogP) is 1.33. The van der Waals surface area contributed by atoms with Crippen molar-refractivity contribution in [2.75, 3.05) is 11.5 Å². The van der Waals surface area contributed by atoms with Gasteiger partial charge in [-0.05, 0) is 38.1 Å². The van der Waals surface area contributed by atoms with E-state index in [1.807, 2.05) is 19.1 Å². The van der Waals surface area contributed by atoms with Gasteiger partial charge in [-0.1, -0.05) is 17.7 Å². The molecule has 1 aromatic carbocycles. The van der Waals surface area contributed by atoms with E-state index < -0.39 is 29.4 Å². The smallest absolute Gasteiger partial charge is 0.368 e. The number of ether oxygens (including phenoxy) is 1. The fourth-order valence-corrected chi connectivity index (χ4v) is 4.43. The molecule has 2 aliphatic rings. The number of furan rings is 1. The number of nitrogens with two attached hydrogens (primary N) is 1. The zero-order valence-electron chi connectivity index (χ0n) is 16.0. The molecular formula is C21H23N2O5+. The molecule has 28 heavy (non-hydrogen) atoms. The van der Waals surface area contributed by atoms with E-state index in [0.29, 0.717) is 11.4 Å². The molecule has 7 nitrogen and oxygen atoms in total. The number of aryl methyl sites for hydroxylation is 1. The number of carbonyl (C=O) groups is 3. The summed E-state index contributed by atoms with van der Waals surface area (Å²) in [5, 5.41) is 1.75. The van der Waals surface area contributed by atoms with E-state index in [0.717, 1.165) is 5.56 Å². The van der Waals surface area contributed by atoms with Gasteiger partial charge >= 0.3 is 5.97 Å². The lowest BCUT2D eigenvalue weighted by Crippen LogP contribution is -2.97. The number of hydrogen-bond donors (Lipinski definition) is 1. The predicted molar refractivity (Wildman–Crippen MR) is 99.1 cm³/mol. The third-order valence-electron chi connectivity index (χ3n) is 5.79. The Morgan fingerprint density at radius 2 is 1.93 bits per heavy atom. The maximum Gasteiger partial charge on any atom is 0.368 e. The van der Waals surface area contributed by atoms with Crippen LogP contribution in [0.25, 0.3) is 0 Å². The minimum absolute atomic E-state index is 0.203. The SMILES string of the molecule is CCOC(=O)[C@@]1(C)[NH2+][C@@H](c2ccco2)[C@H]2C(=O)N(c3ccc(C)cc3)C(=O)[C@@H]21. The number of imide groups is 1. The summed E-state index contributed by atoms with van der Waals surface area (Å²) in [6.07, 6.45) is 1.52. The number of quaternary nitrogens is 1. The van der Waals surface area contributed by atoms with Crippen molar-refractivity contribution in [2.45, 2.75) is 32.4 Å². The van der Waals surface area contributed by atoms with Gasteiger partial charge in [-0.25, -0.2) is 9.69 Å². The van der Waals surface area contributed by atoms with Crippen LogP contribution < -0.4 is 10.2 Å². The van der Waals surface area contributed by atoms with Gasteiger partial charge in [-0.15, -0.1) is 0 Å². The van der Waals surface area contributed by atoms with Crippen molar-refractivity contribution >= 4 is 23.5 Å². The van der Waals surface area contributed by atoms with Crippen LogP contribution in [-0.2, 0) is 19.1 Å². The Kier molecular flexibility index (Phi) is 4.34. The summed E-state index contributed by atoms with van der Waals surface area (Å²) in [4.78, 5) is 40.7. The molecule has 1 aromatic heterocycles.